The molecule has 1 aliphatic carbocycles. The molecule has 0 saturated heterocycles. The van der Waals surface area contributed by atoms with Gasteiger partial charge < -0.3 is 5.32 Å². The monoisotopic (exact) mass is 453 g/mol. The van der Waals surface area contributed by atoms with Crippen molar-refractivity contribution in [2.45, 2.75) is 58.0 Å². The normalized spacial score (nSPS) is 14.9. The van der Waals surface area contributed by atoms with E-state index >= 15 is 0 Å². The first kappa shape index (κ1) is 22.3. The van der Waals surface area contributed by atoms with Gasteiger partial charge in [-0.15, -0.1) is 5.10 Å². The van der Waals surface area contributed by atoms with Crippen LogP contribution in [0.2, 0.25) is 0 Å². The highest BCUT2D eigenvalue weighted by molar-refractivity contribution is 5.96. The summed E-state index contributed by atoms with van der Waals surface area (Å²) in [5.74, 6) is 0.502. The van der Waals surface area contributed by atoms with E-state index in [4.69, 9.17) is 0 Å². The summed E-state index contributed by atoms with van der Waals surface area (Å²) in [5.41, 5.74) is 3.21. The molecule has 2 aromatic carbocycles. The maximum absolute atomic E-state index is 13.3. The molecule has 34 heavy (non-hydrogen) atoms. The molecule has 2 aromatic heterocycles. The summed E-state index contributed by atoms with van der Waals surface area (Å²) >= 11 is 0. The van der Waals surface area contributed by atoms with Crippen LogP contribution in [0.1, 0.15) is 61.9 Å². The lowest BCUT2D eigenvalue weighted by atomic mass is 9.76. The maximum atomic E-state index is 13.3. The number of aromatic nitrogens is 4. The first-order chi connectivity index (χ1) is 16.5. The second-order valence-electron chi connectivity index (χ2n) is 9.91. The van der Waals surface area contributed by atoms with Gasteiger partial charge in [-0.25, -0.2) is 4.68 Å². The Morgan fingerprint density at radius 2 is 1.88 bits per heavy atom. The minimum atomic E-state index is -0.226. The fourth-order valence-electron chi connectivity index (χ4n) is 5.09. The van der Waals surface area contributed by atoms with Crippen LogP contribution in [0.5, 0.6) is 0 Å². The van der Waals surface area contributed by atoms with E-state index in [9.17, 15) is 4.79 Å². The van der Waals surface area contributed by atoms with Crippen LogP contribution in [-0.2, 0) is 6.54 Å². The van der Waals surface area contributed by atoms with E-state index in [1.54, 1.807) is 10.9 Å². The Morgan fingerprint density at radius 1 is 1.06 bits per heavy atom. The summed E-state index contributed by atoms with van der Waals surface area (Å²) in [6, 6.07) is 15.9. The van der Waals surface area contributed by atoms with E-state index in [2.05, 4.69) is 40.5 Å². The topological polar surface area (TPSA) is 72.7 Å². The van der Waals surface area contributed by atoms with Crippen molar-refractivity contribution in [1.29, 1.82) is 0 Å². The highest BCUT2D eigenvalue weighted by Crippen LogP contribution is 2.32. The zero-order chi connectivity index (χ0) is 23.5. The summed E-state index contributed by atoms with van der Waals surface area (Å²) in [6.45, 7) is 4.80. The third-order valence-electron chi connectivity index (χ3n) is 7.13. The van der Waals surface area contributed by atoms with Gasteiger partial charge in [0.2, 0.25) is 0 Å². The second-order valence-corrected chi connectivity index (χ2v) is 9.91. The molecule has 0 atom stereocenters. The van der Waals surface area contributed by atoms with E-state index in [1.807, 2.05) is 54.9 Å². The quantitative estimate of drug-likeness (QED) is 0.411. The Kier molecular flexibility index (Phi) is 6.14. The standard InChI is InChI=1S/C28H31N5O/c1-28(2,24-9-4-3-5-10-24)30-27(34)25-11-7-6-8-23(25)18-33-19-26(31-32-33)21-12-13-22-17-29-15-14-20(22)16-21/h6-8,11-17,19,24H,3-5,9-10,18H2,1-2H3,(H,30,34). The third kappa shape index (κ3) is 4.72. The number of hydrogen-bond donors (Lipinski definition) is 1. The van der Waals surface area contributed by atoms with Gasteiger partial charge in [0, 0.05) is 34.4 Å². The smallest absolute Gasteiger partial charge is 0.252 e. The van der Waals surface area contributed by atoms with E-state index in [0.717, 1.165) is 27.6 Å². The maximum Gasteiger partial charge on any atom is 0.252 e. The van der Waals surface area contributed by atoms with Crippen molar-refractivity contribution >= 4 is 16.7 Å². The number of nitrogens with one attached hydrogen (secondary N) is 1. The Hall–Kier alpha value is -3.54. The summed E-state index contributed by atoms with van der Waals surface area (Å²) in [5, 5.41) is 14.3. The minimum absolute atomic E-state index is 0.0188. The molecule has 5 rings (SSSR count). The average Bonchev–Trinajstić information content (AvgIpc) is 3.33. The van der Waals surface area contributed by atoms with Gasteiger partial charge in [-0.05, 0) is 61.8 Å². The summed E-state index contributed by atoms with van der Waals surface area (Å²) in [7, 11) is 0. The lowest BCUT2D eigenvalue weighted by Crippen LogP contribution is -2.49. The largest absolute Gasteiger partial charge is 0.347 e. The number of fused-ring (bicyclic) bond motifs is 1. The van der Waals surface area contributed by atoms with E-state index in [0.29, 0.717) is 18.0 Å². The van der Waals surface area contributed by atoms with Crippen molar-refractivity contribution in [2.75, 3.05) is 0 Å². The number of benzene rings is 2. The first-order valence-electron chi connectivity index (χ1n) is 12.1. The zero-order valence-corrected chi connectivity index (χ0v) is 19.9. The highest BCUT2D eigenvalue weighted by Gasteiger charge is 2.32. The SMILES string of the molecule is CC(C)(NC(=O)c1ccccc1Cn1cc(-c2ccc3cnccc3c2)nn1)C1CCCCC1. The molecule has 0 spiro atoms. The number of carbonyl (C=O) groups is 1. The van der Waals surface area contributed by atoms with Gasteiger partial charge >= 0.3 is 0 Å². The molecule has 0 bridgehead atoms. The zero-order valence-electron chi connectivity index (χ0n) is 19.9. The number of rotatable bonds is 6. The van der Waals surface area contributed by atoms with Crippen LogP contribution >= 0.6 is 0 Å². The molecule has 0 unspecified atom stereocenters. The molecule has 174 valence electrons. The first-order valence-corrected chi connectivity index (χ1v) is 12.1. The summed E-state index contributed by atoms with van der Waals surface area (Å²) < 4.78 is 1.80. The van der Waals surface area contributed by atoms with Gasteiger partial charge in [0.05, 0.1) is 12.7 Å². The van der Waals surface area contributed by atoms with Crippen LogP contribution in [-0.4, -0.2) is 31.4 Å². The van der Waals surface area contributed by atoms with Crippen molar-refractivity contribution in [3.05, 3.63) is 78.2 Å². The van der Waals surface area contributed by atoms with Crippen LogP contribution in [0, 0.1) is 5.92 Å². The molecular weight excluding hydrogens is 422 g/mol. The van der Waals surface area contributed by atoms with Crippen LogP contribution in [0.25, 0.3) is 22.0 Å². The number of pyridine rings is 1. The van der Waals surface area contributed by atoms with Crippen LogP contribution < -0.4 is 5.32 Å². The van der Waals surface area contributed by atoms with Crippen molar-refractivity contribution in [3.63, 3.8) is 0 Å². The number of hydrogen-bond acceptors (Lipinski definition) is 4. The van der Waals surface area contributed by atoms with Gasteiger partial charge in [0.1, 0.15) is 5.69 Å². The van der Waals surface area contributed by atoms with Gasteiger partial charge in [-0.2, -0.15) is 0 Å². The van der Waals surface area contributed by atoms with Gasteiger partial charge in [0.15, 0.2) is 0 Å². The Bertz CT molecular complexity index is 1300. The van der Waals surface area contributed by atoms with E-state index in [-0.39, 0.29) is 11.4 Å². The van der Waals surface area contributed by atoms with E-state index < -0.39 is 0 Å². The van der Waals surface area contributed by atoms with Gasteiger partial charge in [-0.1, -0.05) is 54.8 Å². The fourth-order valence-corrected chi connectivity index (χ4v) is 5.09. The van der Waals surface area contributed by atoms with Crippen molar-refractivity contribution < 1.29 is 4.79 Å². The van der Waals surface area contributed by atoms with Gasteiger partial charge in [-0.3, -0.25) is 9.78 Å². The van der Waals surface area contributed by atoms with Crippen molar-refractivity contribution in [3.8, 4) is 11.3 Å². The number of nitrogens with zero attached hydrogens (tertiary/aromatic N) is 4. The molecule has 1 saturated carbocycles. The van der Waals surface area contributed by atoms with Crippen LogP contribution in [0.4, 0.5) is 0 Å². The molecule has 2 heterocycles. The molecule has 0 radical (unpaired) electrons. The molecule has 6 heteroatoms. The van der Waals surface area contributed by atoms with Crippen molar-refractivity contribution in [2.24, 2.45) is 5.92 Å². The molecule has 1 N–H and O–H groups in total. The minimum Gasteiger partial charge on any atom is -0.347 e. The van der Waals surface area contributed by atoms with Crippen LogP contribution in [0.15, 0.2) is 67.1 Å². The Labute approximate surface area is 200 Å². The molecule has 1 amide bonds. The average molecular weight is 454 g/mol. The third-order valence-corrected chi connectivity index (χ3v) is 7.13. The summed E-state index contributed by atoms with van der Waals surface area (Å²) in [6.07, 6.45) is 11.8. The molecule has 0 aliphatic heterocycles. The highest BCUT2D eigenvalue weighted by atomic mass is 16.1. The molecule has 4 aromatic rings. The van der Waals surface area contributed by atoms with Crippen LogP contribution in [0.3, 0.4) is 0 Å². The molecule has 1 aliphatic rings. The number of carbonyl (C=O) groups excluding carboxylic acids is 1. The predicted octanol–water partition coefficient (Wildman–Crippen LogP) is 5.63. The number of amides is 1. The Morgan fingerprint density at radius 3 is 2.74 bits per heavy atom. The summed E-state index contributed by atoms with van der Waals surface area (Å²) in [4.78, 5) is 17.5. The molecule has 6 nitrogen and oxygen atoms in total. The molecule has 1 fully saturated rings. The lowest BCUT2D eigenvalue weighted by Gasteiger charge is -2.38. The second kappa shape index (κ2) is 9.37. The fraction of sp³-hybridized carbons (Fsp3) is 0.357. The predicted molar refractivity (Wildman–Crippen MR) is 134 cm³/mol. The Balaban J connectivity index is 1.34. The molecular formula is C28H31N5O. The van der Waals surface area contributed by atoms with E-state index in [1.165, 1.54) is 32.1 Å². The van der Waals surface area contributed by atoms with Gasteiger partial charge in [0.25, 0.3) is 5.91 Å². The lowest BCUT2D eigenvalue weighted by molar-refractivity contribution is 0.0857. The van der Waals surface area contributed by atoms with Crippen molar-refractivity contribution in [1.82, 2.24) is 25.3 Å².